The Morgan fingerprint density at radius 2 is 2.35 bits per heavy atom. The fraction of sp³-hybridized carbons (Fsp3) is 0.500. The molecule has 0 N–H and O–H groups in total. The van der Waals surface area contributed by atoms with Crippen molar-refractivity contribution >= 4 is 0 Å². The van der Waals surface area contributed by atoms with Crippen molar-refractivity contribution in [2.75, 3.05) is 19.7 Å². The van der Waals surface area contributed by atoms with E-state index in [0.29, 0.717) is 0 Å². The normalized spacial score (nSPS) is 20.1. The minimum atomic E-state index is 0.162. The Bertz CT molecular complexity index is 542. The molecule has 0 aromatic carbocycles. The predicted octanol–water partition coefficient (Wildman–Crippen LogP) is 0.883. The summed E-state index contributed by atoms with van der Waals surface area (Å²) in [5.74, 6) is 0. The van der Waals surface area contributed by atoms with Crippen molar-refractivity contribution in [3.05, 3.63) is 42.0 Å². The van der Waals surface area contributed by atoms with E-state index in [-0.39, 0.29) is 6.10 Å². The molecule has 6 nitrogen and oxygen atoms in total. The van der Waals surface area contributed by atoms with Crippen molar-refractivity contribution in [3.63, 3.8) is 0 Å². The van der Waals surface area contributed by atoms with E-state index in [2.05, 4.69) is 33.2 Å². The summed E-state index contributed by atoms with van der Waals surface area (Å²) in [7, 11) is 0. The van der Waals surface area contributed by atoms with Gasteiger partial charge in [0.1, 0.15) is 0 Å². The number of pyridine rings is 1. The van der Waals surface area contributed by atoms with Gasteiger partial charge in [-0.2, -0.15) is 0 Å². The van der Waals surface area contributed by atoms with Crippen molar-refractivity contribution in [2.24, 2.45) is 0 Å². The van der Waals surface area contributed by atoms with Crippen LogP contribution >= 0.6 is 0 Å². The molecule has 1 aliphatic rings. The third-order valence-electron chi connectivity index (χ3n) is 3.44. The first-order valence-electron chi connectivity index (χ1n) is 6.89. The van der Waals surface area contributed by atoms with Gasteiger partial charge in [-0.05, 0) is 24.6 Å². The van der Waals surface area contributed by atoms with Crippen molar-refractivity contribution in [1.82, 2.24) is 24.9 Å². The van der Waals surface area contributed by atoms with Gasteiger partial charge in [0, 0.05) is 32.0 Å². The van der Waals surface area contributed by atoms with Crippen molar-refractivity contribution < 1.29 is 4.74 Å². The van der Waals surface area contributed by atoms with Gasteiger partial charge >= 0.3 is 0 Å². The van der Waals surface area contributed by atoms with E-state index in [1.54, 1.807) is 6.20 Å². The van der Waals surface area contributed by atoms with Crippen LogP contribution < -0.4 is 0 Å². The molecule has 2 aromatic rings. The van der Waals surface area contributed by atoms with E-state index in [4.69, 9.17) is 4.74 Å². The zero-order chi connectivity index (χ0) is 13.8. The monoisotopic (exact) mass is 273 g/mol. The minimum absolute atomic E-state index is 0.162. The number of hydrogen-bond acceptors (Lipinski definition) is 5. The van der Waals surface area contributed by atoms with Gasteiger partial charge in [-0.15, -0.1) is 5.10 Å². The molecule has 0 radical (unpaired) electrons. The number of morpholine rings is 1. The molecule has 1 fully saturated rings. The second-order valence-corrected chi connectivity index (χ2v) is 5.18. The second-order valence-electron chi connectivity index (χ2n) is 5.18. The Morgan fingerprint density at radius 3 is 3.15 bits per heavy atom. The lowest BCUT2D eigenvalue weighted by molar-refractivity contribution is -0.0407. The Labute approximate surface area is 118 Å². The van der Waals surface area contributed by atoms with Crippen LogP contribution in [0.2, 0.25) is 0 Å². The maximum Gasteiger partial charge on any atom is 0.0898 e. The fourth-order valence-electron chi connectivity index (χ4n) is 2.49. The van der Waals surface area contributed by atoms with Gasteiger partial charge in [-0.1, -0.05) is 5.21 Å². The largest absolute Gasteiger partial charge is 0.374 e. The average Bonchev–Trinajstić information content (AvgIpc) is 2.92. The van der Waals surface area contributed by atoms with Crippen LogP contribution in [0.25, 0.3) is 0 Å². The number of aromatic nitrogens is 4. The Morgan fingerprint density at radius 1 is 1.40 bits per heavy atom. The summed E-state index contributed by atoms with van der Waals surface area (Å²) in [6.45, 7) is 6.32. The van der Waals surface area contributed by atoms with Crippen molar-refractivity contribution in [3.8, 4) is 0 Å². The molecule has 0 bridgehead atoms. The first-order valence-corrected chi connectivity index (χ1v) is 6.89. The van der Waals surface area contributed by atoms with Crippen molar-refractivity contribution in [1.29, 1.82) is 0 Å². The van der Waals surface area contributed by atoms with E-state index in [1.807, 2.05) is 23.1 Å². The van der Waals surface area contributed by atoms with Gasteiger partial charge in [0.2, 0.25) is 0 Å². The third-order valence-corrected chi connectivity index (χ3v) is 3.44. The van der Waals surface area contributed by atoms with E-state index < -0.39 is 0 Å². The highest BCUT2D eigenvalue weighted by Gasteiger charge is 2.21. The van der Waals surface area contributed by atoms with Crippen LogP contribution in [-0.2, 0) is 17.8 Å². The van der Waals surface area contributed by atoms with Crippen LogP contribution in [0.4, 0.5) is 0 Å². The molecule has 1 saturated heterocycles. The SMILES string of the molecule is Cc1ccnc(CN2CCOC(Cn3ccnn3)C2)c1. The van der Waals surface area contributed by atoms with Crippen LogP contribution in [0.3, 0.4) is 0 Å². The van der Waals surface area contributed by atoms with Crippen LogP contribution in [0.15, 0.2) is 30.7 Å². The summed E-state index contributed by atoms with van der Waals surface area (Å²) in [5.41, 5.74) is 2.37. The maximum absolute atomic E-state index is 5.79. The quantitative estimate of drug-likeness (QED) is 0.828. The number of ether oxygens (including phenoxy) is 1. The number of hydrogen-bond donors (Lipinski definition) is 0. The van der Waals surface area contributed by atoms with Gasteiger partial charge < -0.3 is 4.74 Å². The number of aryl methyl sites for hydroxylation is 1. The molecule has 1 unspecified atom stereocenters. The molecule has 3 rings (SSSR count). The standard InChI is InChI=1S/C14H19N5O/c1-12-2-3-15-13(8-12)9-18-6-7-20-14(10-18)11-19-5-4-16-17-19/h2-5,8,14H,6-7,9-11H2,1H3. The first kappa shape index (κ1) is 13.2. The molecular weight excluding hydrogens is 254 g/mol. The fourth-order valence-corrected chi connectivity index (χ4v) is 2.49. The van der Waals surface area contributed by atoms with Crippen molar-refractivity contribution in [2.45, 2.75) is 26.1 Å². The second kappa shape index (κ2) is 6.11. The Kier molecular flexibility index (Phi) is 4.03. The van der Waals surface area contributed by atoms with E-state index in [9.17, 15) is 0 Å². The molecular formula is C14H19N5O. The molecule has 20 heavy (non-hydrogen) atoms. The molecule has 0 saturated carbocycles. The Hall–Kier alpha value is -1.79. The summed E-state index contributed by atoms with van der Waals surface area (Å²) < 4.78 is 7.61. The van der Waals surface area contributed by atoms with Crippen LogP contribution in [-0.4, -0.2) is 50.7 Å². The van der Waals surface area contributed by atoms with Gasteiger partial charge in [0.05, 0.1) is 31.1 Å². The van der Waals surface area contributed by atoms with Gasteiger partial charge in [-0.25, -0.2) is 4.68 Å². The lowest BCUT2D eigenvalue weighted by Gasteiger charge is -2.32. The van der Waals surface area contributed by atoms with E-state index in [0.717, 1.165) is 38.5 Å². The minimum Gasteiger partial charge on any atom is -0.374 e. The molecule has 0 aliphatic carbocycles. The molecule has 6 heteroatoms. The van der Waals surface area contributed by atoms with E-state index in [1.165, 1.54) is 5.56 Å². The average molecular weight is 273 g/mol. The summed E-state index contributed by atoms with van der Waals surface area (Å²) in [4.78, 5) is 6.81. The third kappa shape index (κ3) is 3.40. The molecule has 0 spiro atoms. The zero-order valence-corrected chi connectivity index (χ0v) is 11.6. The lowest BCUT2D eigenvalue weighted by Crippen LogP contribution is -2.43. The molecule has 3 heterocycles. The first-order chi connectivity index (χ1) is 9.79. The molecule has 0 amide bonds. The molecule has 1 aliphatic heterocycles. The highest BCUT2D eigenvalue weighted by molar-refractivity contribution is 5.14. The molecule has 1 atom stereocenters. The topological polar surface area (TPSA) is 56.1 Å². The molecule has 106 valence electrons. The summed E-state index contributed by atoms with van der Waals surface area (Å²) >= 11 is 0. The summed E-state index contributed by atoms with van der Waals surface area (Å²) in [6.07, 6.45) is 5.59. The van der Waals surface area contributed by atoms with Gasteiger partial charge in [0.15, 0.2) is 0 Å². The van der Waals surface area contributed by atoms with Gasteiger partial charge in [-0.3, -0.25) is 9.88 Å². The van der Waals surface area contributed by atoms with Gasteiger partial charge in [0.25, 0.3) is 0 Å². The lowest BCUT2D eigenvalue weighted by atomic mass is 10.2. The Balaban J connectivity index is 1.57. The maximum atomic E-state index is 5.79. The zero-order valence-electron chi connectivity index (χ0n) is 11.6. The van der Waals surface area contributed by atoms with Crippen LogP contribution in [0, 0.1) is 6.92 Å². The van der Waals surface area contributed by atoms with E-state index >= 15 is 0 Å². The summed E-state index contributed by atoms with van der Waals surface area (Å²) in [5, 5.41) is 7.80. The molecule has 2 aromatic heterocycles. The smallest absolute Gasteiger partial charge is 0.0898 e. The summed E-state index contributed by atoms with van der Waals surface area (Å²) in [6, 6.07) is 4.16. The van der Waals surface area contributed by atoms with Crippen LogP contribution in [0.5, 0.6) is 0 Å². The highest BCUT2D eigenvalue weighted by Crippen LogP contribution is 2.11. The van der Waals surface area contributed by atoms with Crippen LogP contribution in [0.1, 0.15) is 11.3 Å². The highest BCUT2D eigenvalue weighted by atomic mass is 16.5. The number of nitrogens with zero attached hydrogens (tertiary/aromatic N) is 5. The predicted molar refractivity (Wildman–Crippen MR) is 74.0 cm³/mol. The number of rotatable bonds is 4.